The van der Waals surface area contributed by atoms with Crippen molar-refractivity contribution in [2.45, 2.75) is 0 Å². The summed E-state index contributed by atoms with van der Waals surface area (Å²) in [5.74, 6) is 0.540. The standard InChI is InChI=1S/C19H18FN5O3/c20-14-3-1-13(2-4-14)16-17(25-8-11-28-19(25)24-16)15-5-6-21-18(23-15)22-7-10-27-12-9-26/h1-6,8,11,26H,7,9-10,12H2,(H,21,22,23). The first kappa shape index (κ1) is 18.1. The summed E-state index contributed by atoms with van der Waals surface area (Å²) in [5, 5.41) is 11.8. The van der Waals surface area contributed by atoms with E-state index in [1.54, 1.807) is 41.3 Å². The summed E-state index contributed by atoms with van der Waals surface area (Å²) in [7, 11) is 0. The van der Waals surface area contributed by atoms with Gasteiger partial charge in [0.15, 0.2) is 0 Å². The van der Waals surface area contributed by atoms with Crippen molar-refractivity contribution >= 4 is 11.8 Å². The maximum absolute atomic E-state index is 13.3. The molecule has 0 radical (unpaired) electrons. The van der Waals surface area contributed by atoms with Crippen molar-refractivity contribution in [1.82, 2.24) is 19.4 Å². The lowest BCUT2D eigenvalue weighted by Gasteiger charge is -2.08. The van der Waals surface area contributed by atoms with Crippen molar-refractivity contribution in [3.63, 3.8) is 0 Å². The number of imidazole rings is 1. The first-order valence-corrected chi connectivity index (χ1v) is 8.73. The molecule has 1 aromatic carbocycles. The minimum atomic E-state index is -0.315. The van der Waals surface area contributed by atoms with E-state index in [-0.39, 0.29) is 19.0 Å². The van der Waals surface area contributed by atoms with Gasteiger partial charge in [-0.05, 0) is 30.3 Å². The molecule has 4 aromatic rings. The van der Waals surface area contributed by atoms with Crippen LogP contribution in [-0.4, -0.2) is 50.8 Å². The van der Waals surface area contributed by atoms with Gasteiger partial charge in [0.1, 0.15) is 23.5 Å². The number of halogens is 1. The van der Waals surface area contributed by atoms with E-state index in [1.165, 1.54) is 12.1 Å². The zero-order valence-corrected chi connectivity index (χ0v) is 14.9. The number of nitrogens with zero attached hydrogens (tertiary/aromatic N) is 4. The Morgan fingerprint density at radius 1 is 1.14 bits per heavy atom. The summed E-state index contributed by atoms with van der Waals surface area (Å²) in [4.78, 5) is 13.3. The maximum atomic E-state index is 13.3. The summed E-state index contributed by atoms with van der Waals surface area (Å²) in [6.07, 6.45) is 4.94. The second-order valence-corrected chi connectivity index (χ2v) is 5.90. The first-order valence-electron chi connectivity index (χ1n) is 8.73. The van der Waals surface area contributed by atoms with Crippen LogP contribution >= 0.6 is 0 Å². The molecule has 0 saturated carbocycles. The number of ether oxygens (including phenoxy) is 1. The van der Waals surface area contributed by atoms with Crippen molar-refractivity contribution < 1.29 is 18.7 Å². The van der Waals surface area contributed by atoms with Crippen LogP contribution in [0.15, 0.2) is 53.4 Å². The van der Waals surface area contributed by atoms with Crippen LogP contribution in [0, 0.1) is 5.82 Å². The Morgan fingerprint density at radius 2 is 2.00 bits per heavy atom. The predicted molar refractivity (Wildman–Crippen MR) is 100 cm³/mol. The highest BCUT2D eigenvalue weighted by molar-refractivity contribution is 5.79. The van der Waals surface area contributed by atoms with Crippen LogP contribution in [0.2, 0.25) is 0 Å². The van der Waals surface area contributed by atoms with Crippen molar-refractivity contribution in [1.29, 1.82) is 0 Å². The Hall–Kier alpha value is -3.30. The fourth-order valence-corrected chi connectivity index (χ4v) is 2.82. The number of fused-ring (bicyclic) bond motifs is 1. The fraction of sp³-hybridized carbons (Fsp3) is 0.211. The molecule has 0 amide bonds. The lowest BCUT2D eigenvalue weighted by atomic mass is 10.1. The van der Waals surface area contributed by atoms with E-state index < -0.39 is 0 Å². The number of benzene rings is 1. The Morgan fingerprint density at radius 3 is 2.82 bits per heavy atom. The van der Waals surface area contributed by atoms with Crippen LogP contribution in [0.1, 0.15) is 0 Å². The minimum absolute atomic E-state index is 0.0138. The monoisotopic (exact) mass is 383 g/mol. The van der Waals surface area contributed by atoms with Gasteiger partial charge in [-0.3, -0.25) is 4.40 Å². The van der Waals surface area contributed by atoms with Gasteiger partial charge in [0.05, 0.1) is 25.5 Å². The van der Waals surface area contributed by atoms with Gasteiger partial charge in [0.2, 0.25) is 5.95 Å². The summed E-state index contributed by atoms with van der Waals surface area (Å²) in [6.45, 7) is 1.20. The number of oxazole rings is 1. The molecule has 8 nitrogen and oxygen atoms in total. The van der Waals surface area contributed by atoms with Gasteiger partial charge in [-0.15, -0.1) is 0 Å². The highest BCUT2D eigenvalue weighted by Gasteiger charge is 2.19. The fourth-order valence-electron chi connectivity index (χ4n) is 2.82. The minimum Gasteiger partial charge on any atom is -0.432 e. The molecule has 0 bridgehead atoms. The molecular formula is C19H18FN5O3. The molecule has 0 atom stereocenters. The van der Waals surface area contributed by atoms with Gasteiger partial charge in [0.25, 0.3) is 0 Å². The third kappa shape index (κ3) is 3.71. The molecule has 0 aliphatic rings. The molecule has 3 aromatic heterocycles. The molecule has 2 N–H and O–H groups in total. The van der Waals surface area contributed by atoms with Gasteiger partial charge < -0.3 is 19.6 Å². The molecule has 0 saturated heterocycles. The molecule has 9 heteroatoms. The molecular weight excluding hydrogens is 365 g/mol. The smallest absolute Gasteiger partial charge is 0.306 e. The number of hydrogen-bond donors (Lipinski definition) is 2. The third-order valence-electron chi connectivity index (χ3n) is 4.04. The SMILES string of the molecule is OCCOCCNc1nccc(-c2c(-c3ccc(F)cc3)nc3occn23)n1. The molecule has 0 spiro atoms. The lowest BCUT2D eigenvalue weighted by molar-refractivity contribution is 0.0991. The highest BCUT2D eigenvalue weighted by Crippen LogP contribution is 2.32. The molecule has 0 unspecified atom stereocenters. The van der Waals surface area contributed by atoms with E-state index in [1.807, 2.05) is 0 Å². The van der Waals surface area contributed by atoms with Crippen LogP contribution in [0.4, 0.5) is 10.3 Å². The Balaban J connectivity index is 1.67. The average Bonchev–Trinajstić information content (AvgIpc) is 3.30. The molecule has 28 heavy (non-hydrogen) atoms. The van der Waals surface area contributed by atoms with Crippen molar-refractivity contribution in [3.05, 3.63) is 54.8 Å². The van der Waals surface area contributed by atoms with Gasteiger partial charge in [-0.2, -0.15) is 4.98 Å². The van der Waals surface area contributed by atoms with Gasteiger partial charge in [-0.25, -0.2) is 14.4 Å². The van der Waals surface area contributed by atoms with E-state index in [2.05, 4.69) is 20.3 Å². The zero-order chi connectivity index (χ0) is 19.3. The third-order valence-corrected chi connectivity index (χ3v) is 4.04. The summed E-state index contributed by atoms with van der Waals surface area (Å²) in [5.41, 5.74) is 2.75. The van der Waals surface area contributed by atoms with Crippen LogP contribution in [0.3, 0.4) is 0 Å². The van der Waals surface area contributed by atoms with E-state index in [9.17, 15) is 4.39 Å². The summed E-state index contributed by atoms with van der Waals surface area (Å²) < 4.78 is 25.7. The Labute approximate surface area is 159 Å². The zero-order valence-electron chi connectivity index (χ0n) is 14.9. The normalized spacial score (nSPS) is 11.2. The number of aromatic nitrogens is 4. The molecule has 0 aliphatic heterocycles. The Bertz CT molecular complexity index is 1060. The number of nitrogens with one attached hydrogen (secondary N) is 1. The average molecular weight is 383 g/mol. The highest BCUT2D eigenvalue weighted by atomic mass is 19.1. The molecule has 0 aliphatic carbocycles. The van der Waals surface area contributed by atoms with Crippen LogP contribution in [-0.2, 0) is 4.74 Å². The lowest BCUT2D eigenvalue weighted by Crippen LogP contribution is -2.13. The van der Waals surface area contributed by atoms with E-state index in [0.717, 1.165) is 11.3 Å². The topological polar surface area (TPSA) is 97.7 Å². The molecule has 4 rings (SSSR count). The second kappa shape index (κ2) is 8.15. The van der Waals surface area contributed by atoms with E-state index in [0.29, 0.717) is 36.3 Å². The van der Waals surface area contributed by atoms with Crippen molar-refractivity contribution in [2.24, 2.45) is 0 Å². The summed E-state index contributed by atoms with van der Waals surface area (Å²) >= 11 is 0. The number of rotatable bonds is 8. The predicted octanol–water partition coefficient (Wildman–Crippen LogP) is 2.61. The van der Waals surface area contributed by atoms with E-state index >= 15 is 0 Å². The van der Waals surface area contributed by atoms with Crippen LogP contribution in [0.25, 0.3) is 28.5 Å². The molecule has 0 fully saturated rings. The van der Waals surface area contributed by atoms with Gasteiger partial charge >= 0.3 is 5.84 Å². The molecule has 144 valence electrons. The Kier molecular flexibility index (Phi) is 5.27. The number of aliphatic hydroxyl groups excluding tert-OH is 1. The van der Waals surface area contributed by atoms with Crippen LogP contribution in [0.5, 0.6) is 0 Å². The number of aliphatic hydroxyl groups is 1. The molecule has 3 heterocycles. The maximum Gasteiger partial charge on any atom is 0.306 e. The number of anilines is 1. The summed E-state index contributed by atoms with van der Waals surface area (Å²) in [6, 6.07) is 7.88. The second-order valence-electron chi connectivity index (χ2n) is 5.90. The van der Waals surface area contributed by atoms with Crippen molar-refractivity contribution in [3.8, 4) is 22.6 Å². The van der Waals surface area contributed by atoms with Crippen molar-refractivity contribution in [2.75, 3.05) is 31.7 Å². The van der Waals surface area contributed by atoms with Gasteiger partial charge in [-0.1, -0.05) is 0 Å². The van der Waals surface area contributed by atoms with Gasteiger partial charge in [0, 0.05) is 24.5 Å². The van der Waals surface area contributed by atoms with E-state index in [4.69, 9.17) is 14.3 Å². The number of hydrogen-bond acceptors (Lipinski definition) is 7. The quantitative estimate of drug-likeness (QED) is 0.451. The first-order chi connectivity index (χ1) is 13.8. The van der Waals surface area contributed by atoms with Crippen LogP contribution < -0.4 is 5.32 Å². The largest absolute Gasteiger partial charge is 0.432 e.